The van der Waals surface area contributed by atoms with Gasteiger partial charge in [0.25, 0.3) is 0 Å². The zero-order chi connectivity index (χ0) is 16.0. The lowest BCUT2D eigenvalue weighted by Gasteiger charge is -2.35. The van der Waals surface area contributed by atoms with Crippen molar-refractivity contribution in [3.8, 4) is 0 Å². The number of hydrogen-bond acceptors (Lipinski definition) is 3. The summed E-state index contributed by atoms with van der Waals surface area (Å²) in [6.07, 6.45) is 0.880. The van der Waals surface area contributed by atoms with Crippen molar-refractivity contribution in [2.24, 2.45) is 5.73 Å². The highest BCUT2D eigenvalue weighted by atomic mass is 16.2. The smallest absolute Gasteiger partial charge is 0.236 e. The molecule has 21 heavy (non-hydrogen) atoms. The number of amides is 1. The van der Waals surface area contributed by atoms with Crippen LogP contribution in [0.5, 0.6) is 0 Å². The van der Waals surface area contributed by atoms with Crippen LogP contribution in [0.2, 0.25) is 0 Å². The SMILES string of the molecule is CCC(N)C(c1ccc(C)cc1)N(CC)CC(=O)N(C)C. The van der Waals surface area contributed by atoms with E-state index in [2.05, 4.69) is 49.9 Å². The number of likely N-dealkylation sites (N-methyl/N-ethyl adjacent to an activating group) is 2. The van der Waals surface area contributed by atoms with E-state index < -0.39 is 0 Å². The van der Waals surface area contributed by atoms with Gasteiger partial charge in [0.05, 0.1) is 12.6 Å². The third kappa shape index (κ3) is 4.83. The Morgan fingerprint density at radius 3 is 2.19 bits per heavy atom. The summed E-state index contributed by atoms with van der Waals surface area (Å²) in [5.74, 6) is 0.109. The average Bonchev–Trinajstić information content (AvgIpc) is 2.47. The van der Waals surface area contributed by atoms with Gasteiger partial charge in [-0.2, -0.15) is 0 Å². The van der Waals surface area contributed by atoms with Crippen LogP contribution in [0.25, 0.3) is 0 Å². The molecule has 0 fully saturated rings. The number of carbonyl (C=O) groups excluding carboxylic acids is 1. The van der Waals surface area contributed by atoms with Gasteiger partial charge in [0.2, 0.25) is 5.91 Å². The molecule has 2 atom stereocenters. The highest BCUT2D eigenvalue weighted by Gasteiger charge is 2.26. The first-order chi connectivity index (χ1) is 9.90. The second-order valence-corrected chi connectivity index (χ2v) is 5.78. The first-order valence-electron chi connectivity index (χ1n) is 7.67. The highest BCUT2D eigenvalue weighted by molar-refractivity contribution is 5.77. The molecule has 4 nitrogen and oxygen atoms in total. The lowest BCUT2D eigenvalue weighted by atomic mass is 9.95. The van der Waals surface area contributed by atoms with Crippen molar-refractivity contribution in [1.82, 2.24) is 9.80 Å². The molecule has 0 saturated heterocycles. The Labute approximate surface area is 128 Å². The molecule has 0 spiro atoms. The van der Waals surface area contributed by atoms with Crippen molar-refractivity contribution >= 4 is 5.91 Å². The molecular formula is C17H29N3O. The van der Waals surface area contributed by atoms with Crippen molar-refractivity contribution in [1.29, 1.82) is 0 Å². The Bertz CT molecular complexity index is 442. The molecule has 0 aliphatic heterocycles. The molecule has 2 unspecified atom stereocenters. The van der Waals surface area contributed by atoms with Gasteiger partial charge in [-0.05, 0) is 25.5 Å². The van der Waals surface area contributed by atoms with Crippen LogP contribution in [0.15, 0.2) is 24.3 Å². The van der Waals surface area contributed by atoms with Crippen molar-refractivity contribution in [3.63, 3.8) is 0 Å². The van der Waals surface area contributed by atoms with Crippen LogP contribution in [0.1, 0.15) is 37.4 Å². The Morgan fingerprint density at radius 1 is 1.19 bits per heavy atom. The van der Waals surface area contributed by atoms with E-state index in [0.717, 1.165) is 13.0 Å². The third-order valence-corrected chi connectivity index (χ3v) is 3.93. The predicted molar refractivity (Wildman–Crippen MR) is 88.1 cm³/mol. The predicted octanol–water partition coefficient (Wildman–Crippen LogP) is 2.18. The number of carbonyl (C=O) groups is 1. The second kappa shape index (κ2) is 8.15. The lowest BCUT2D eigenvalue weighted by molar-refractivity contribution is -0.130. The Hall–Kier alpha value is -1.39. The molecular weight excluding hydrogens is 262 g/mol. The maximum atomic E-state index is 12.1. The summed E-state index contributed by atoms with van der Waals surface area (Å²) in [6.45, 7) is 7.44. The summed E-state index contributed by atoms with van der Waals surface area (Å²) in [6, 6.07) is 8.54. The Balaban J connectivity index is 3.04. The number of nitrogens with two attached hydrogens (primary N) is 1. The van der Waals surface area contributed by atoms with Gasteiger partial charge in [-0.15, -0.1) is 0 Å². The summed E-state index contributed by atoms with van der Waals surface area (Å²) >= 11 is 0. The van der Waals surface area contributed by atoms with Gasteiger partial charge >= 0.3 is 0 Å². The number of nitrogens with zero attached hydrogens (tertiary/aromatic N) is 2. The zero-order valence-electron chi connectivity index (χ0n) is 14.0. The molecule has 118 valence electrons. The summed E-state index contributed by atoms with van der Waals surface area (Å²) in [7, 11) is 3.58. The number of rotatable bonds is 7. The third-order valence-electron chi connectivity index (χ3n) is 3.93. The number of hydrogen-bond donors (Lipinski definition) is 1. The number of benzene rings is 1. The molecule has 0 saturated carbocycles. The van der Waals surface area contributed by atoms with Crippen molar-refractivity contribution in [2.75, 3.05) is 27.2 Å². The molecule has 1 aromatic rings. The fourth-order valence-electron chi connectivity index (χ4n) is 2.44. The Kier molecular flexibility index (Phi) is 6.85. The fraction of sp³-hybridized carbons (Fsp3) is 0.588. The topological polar surface area (TPSA) is 49.6 Å². The monoisotopic (exact) mass is 291 g/mol. The maximum Gasteiger partial charge on any atom is 0.236 e. The summed E-state index contributed by atoms with van der Waals surface area (Å²) < 4.78 is 0. The minimum atomic E-state index is 0.0163. The first-order valence-corrected chi connectivity index (χ1v) is 7.67. The van der Waals surface area contributed by atoms with E-state index >= 15 is 0 Å². The van der Waals surface area contributed by atoms with Crippen molar-refractivity contribution < 1.29 is 4.79 Å². The van der Waals surface area contributed by atoms with Gasteiger partial charge in [0, 0.05) is 20.1 Å². The molecule has 0 bridgehead atoms. The van der Waals surface area contributed by atoms with Gasteiger partial charge in [0.1, 0.15) is 0 Å². The molecule has 4 heteroatoms. The summed E-state index contributed by atoms with van der Waals surface area (Å²) in [5.41, 5.74) is 8.76. The van der Waals surface area contributed by atoms with Gasteiger partial charge in [-0.25, -0.2) is 0 Å². The standard InChI is InChI=1S/C17H29N3O/c1-6-15(18)17(14-10-8-13(3)9-11-14)20(7-2)12-16(21)19(4)5/h8-11,15,17H,6-7,12,18H2,1-5H3. The normalized spacial score (nSPS) is 14.0. The van der Waals surface area contributed by atoms with Crippen LogP contribution < -0.4 is 5.73 Å². The van der Waals surface area contributed by atoms with Gasteiger partial charge in [-0.1, -0.05) is 43.7 Å². The fourth-order valence-corrected chi connectivity index (χ4v) is 2.44. The second-order valence-electron chi connectivity index (χ2n) is 5.78. The van der Waals surface area contributed by atoms with Crippen LogP contribution >= 0.6 is 0 Å². The van der Waals surface area contributed by atoms with Gasteiger partial charge in [-0.3, -0.25) is 9.69 Å². The molecule has 0 radical (unpaired) electrons. The van der Waals surface area contributed by atoms with Crippen molar-refractivity contribution in [3.05, 3.63) is 35.4 Å². The molecule has 1 rings (SSSR count). The first kappa shape index (κ1) is 17.7. The number of aryl methyl sites for hydroxylation is 1. The van der Waals surface area contributed by atoms with E-state index in [0.29, 0.717) is 6.54 Å². The van der Waals surface area contributed by atoms with E-state index in [-0.39, 0.29) is 18.0 Å². The molecule has 1 aromatic carbocycles. The average molecular weight is 291 g/mol. The van der Waals surface area contributed by atoms with Crippen LogP contribution in [-0.2, 0) is 4.79 Å². The van der Waals surface area contributed by atoms with E-state index in [1.54, 1.807) is 19.0 Å². The van der Waals surface area contributed by atoms with Crippen LogP contribution in [0, 0.1) is 6.92 Å². The van der Waals surface area contributed by atoms with Crippen LogP contribution in [0.3, 0.4) is 0 Å². The minimum Gasteiger partial charge on any atom is -0.348 e. The van der Waals surface area contributed by atoms with Gasteiger partial charge < -0.3 is 10.6 Å². The highest BCUT2D eigenvalue weighted by Crippen LogP contribution is 2.25. The molecule has 0 aliphatic carbocycles. The Morgan fingerprint density at radius 2 is 1.76 bits per heavy atom. The largest absolute Gasteiger partial charge is 0.348 e. The van der Waals surface area contributed by atoms with E-state index in [1.807, 2.05) is 0 Å². The molecule has 0 aromatic heterocycles. The lowest BCUT2D eigenvalue weighted by Crippen LogP contribution is -2.45. The van der Waals surface area contributed by atoms with Gasteiger partial charge in [0.15, 0.2) is 0 Å². The van der Waals surface area contributed by atoms with E-state index in [1.165, 1.54) is 11.1 Å². The van der Waals surface area contributed by atoms with E-state index in [4.69, 9.17) is 5.73 Å². The van der Waals surface area contributed by atoms with Crippen molar-refractivity contribution in [2.45, 2.75) is 39.3 Å². The molecule has 2 N–H and O–H groups in total. The molecule has 1 amide bonds. The quantitative estimate of drug-likeness (QED) is 0.838. The molecule has 0 heterocycles. The van der Waals surface area contributed by atoms with Crippen LogP contribution in [0.4, 0.5) is 0 Å². The summed E-state index contributed by atoms with van der Waals surface area (Å²) in [4.78, 5) is 15.9. The zero-order valence-corrected chi connectivity index (χ0v) is 14.0. The minimum absolute atomic E-state index is 0.0163. The molecule has 0 aliphatic rings. The van der Waals surface area contributed by atoms with Crippen LogP contribution in [-0.4, -0.2) is 48.9 Å². The van der Waals surface area contributed by atoms with E-state index in [9.17, 15) is 4.79 Å². The maximum absolute atomic E-state index is 12.1. The summed E-state index contributed by atoms with van der Waals surface area (Å²) in [5, 5.41) is 0.